The van der Waals surface area contributed by atoms with Crippen LogP contribution in [0, 0.1) is 0 Å². The van der Waals surface area contributed by atoms with E-state index in [1.807, 2.05) is 0 Å². The van der Waals surface area contributed by atoms with E-state index in [2.05, 4.69) is 29.4 Å². The number of hydrogen-bond acceptors (Lipinski definition) is 5. The molecule has 2 heterocycles. The molecule has 1 unspecified atom stereocenters. The minimum atomic E-state index is 0.364. The van der Waals surface area contributed by atoms with E-state index >= 15 is 0 Å². The molecule has 0 aliphatic carbocycles. The lowest BCUT2D eigenvalue weighted by molar-refractivity contribution is 0.0167. The first-order valence-electron chi connectivity index (χ1n) is 6.40. The van der Waals surface area contributed by atoms with Gasteiger partial charge in [-0.15, -0.1) is 21.5 Å². The number of nitrogens with zero attached hydrogens (tertiary/aromatic N) is 2. The molecule has 4 nitrogen and oxygen atoms in total. The Labute approximate surface area is 107 Å². The highest BCUT2D eigenvalue weighted by Crippen LogP contribution is 2.19. The Bertz CT molecular complexity index is 334. The lowest BCUT2D eigenvalue weighted by Crippen LogP contribution is -2.21. The molecule has 1 N–H and O–H groups in total. The minimum absolute atomic E-state index is 0.364. The van der Waals surface area contributed by atoms with Gasteiger partial charge in [-0.05, 0) is 19.3 Å². The first-order valence-corrected chi connectivity index (χ1v) is 7.22. The van der Waals surface area contributed by atoms with Gasteiger partial charge < -0.3 is 10.1 Å². The summed E-state index contributed by atoms with van der Waals surface area (Å²) in [6, 6.07) is 0.490. The molecule has 0 amide bonds. The van der Waals surface area contributed by atoms with Crippen molar-refractivity contribution in [2.75, 3.05) is 6.61 Å². The minimum Gasteiger partial charge on any atom is -0.378 e. The number of nitrogens with one attached hydrogen (secondary N) is 1. The van der Waals surface area contributed by atoms with E-state index in [1.54, 1.807) is 11.3 Å². The lowest BCUT2D eigenvalue weighted by Gasteiger charge is -2.21. The quantitative estimate of drug-likeness (QED) is 0.875. The lowest BCUT2D eigenvalue weighted by atomic mass is 10.1. The first-order chi connectivity index (χ1) is 8.24. The van der Waals surface area contributed by atoms with Gasteiger partial charge >= 0.3 is 0 Å². The maximum Gasteiger partial charge on any atom is 0.131 e. The molecule has 0 saturated carbocycles. The Morgan fingerprint density at radius 2 is 2.18 bits per heavy atom. The topological polar surface area (TPSA) is 47.0 Å². The van der Waals surface area contributed by atoms with E-state index in [0.717, 1.165) is 29.6 Å². The zero-order valence-corrected chi connectivity index (χ0v) is 11.4. The fraction of sp³-hybridized carbons (Fsp3) is 0.833. The van der Waals surface area contributed by atoms with Gasteiger partial charge in [0.25, 0.3) is 0 Å². The Morgan fingerprint density at radius 1 is 1.35 bits per heavy atom. The van der Waals surface area contributed by atoms with Crippen molar-refractivity contribution < 1.29 is 4.74 Å². The molecule has 17 heavy (non-hydrogen) atoms. The highest BCUT2D eigenvalue weighted by molar-refractivity contribution is 7.11. The fourth-order valence-corrected chi connectivity index (χ4v) is 2.76. The van der Waals surface area contributed by atoms with Gasteiger partial charge in [0.1, 0.15) is 10.0 Å². The predicted molar refractivity (Wildman–Crippen MR) is 69.2 cm³/mol. The molecule has 5 heteroatoms. The largest absolute Gasteiger partial charge is 0.378 e. The highest BCUT2D eigenvalue weighted by Gasteiger charge is 2.16. The standard InChI is InChI=1S/C12H21N3OS/c1-9(2)13-8-12-15-14-11(17-12)7-10-5-3-4-6-16-10/h9-10,13H,3-8H2,1-2H3. The summed E-state index contributed by atoms with van der Waals surface area (Å²) in [5.41, 5.74) is 0. The maximum atomic E-state index is 5.71. The average molecular weight is 255 g/mol. The van der Waals surface area contributed by atoms with Gasteiger partial charge in [-0.1, -0.05) is 13.8 Å². The Morgan fingerprint density at radius 3 is 2.88 bits per heavy atom. The van der Waals surface area contributed by atoms with Crippen LogP contribution in [0.5, 0.6) is 0 Å². The van der Waals surface area contributed by atoms with E-state index in [-0.39, 0.29) is 0 Å². The van der Waals surface area contributed by atoms with Crippen LogP contribution in [0.3, 0.4) is 0 Å². The summed E-state index contributed by atoms with van der Waals surface area (Å²) < 4.78 is 5.71. The van der Waals surface area contributed by atoms with Crippen LogP contribution in [-0.4, -0.2) is 29.0 Å². The SMILES string of the molecule is CC(C)NCc1nnc(CC2CCCCO2)s1. The summed E-state index contributed by atoms with van der Waals surface area (Å²) in [5, 5.41) is 14.0. The monoisotopic (exact) mass is 255 g/mol. The summed E-state index contributed by atoms with van der Waals surface area (Å²) in [5.74, 6) is 0. The zero-order valence-electron chi connectivity index (χ0n) is 10.6. The molecule has 1 saturated heterocycles. The van der Waals surface area contributed by atoms with Gasteiger partial charge in [-0.2, -0.15) is 0 Å². The molecule has 1 aliphatic rings. The first kappa shape index (κ1) is 12.9. The Hall–Kier alpha value is -0.520. The van der Waals surface area contributed by atoms with E-state index in [9.17, 15) is 0 Å². The molecule has 0 spiro atoms. The molecule has 1 atom stereocenters. The molecule has 0 radical (unpaired) electrons. The molecular formula is C12H21N3OS. The molecule has 1 aromatic rings. The number of aromatic nitrogens is 2. The molecular weight excluding hydrogens is 234 g/mol. The maximum absolute atomic E-state index is 5.71. The van der Waals surface area contributed by atoms with Crippen molar-refractivity contribution in [3.8, 4) is 0 Å². The summed E-state index contributed by atoms with van der Waals surface area (Å²) in [4.78, 5) is 0. The van der Waals surface area contributed by atoms with Gasteiger partial charge in [-0.25, -0.2) is 0 Å². The third-order valence-corrected chi connectivity index (χ3v) is 3.79. The molecule has 2 rings (SSSR count). The summed E-state index contributed by atoms with van der Waals surface area (Å²) in [7, 11) is 0. The van der Waals surface area contributed by atoms with E-state index < -0.39 is 0 Å². The van der Waals surface area contributed by atoms with Crippen molar-refractivity contribution in [2.45, 2.75) is 58.2 Å². The van der Waals surface area contributed by atoms with Crippen LogP contribution in [0.25, 0.3) is 0 Å². The van der Waals surface area contributed by atoms with Gasteiger partial charge in [0.2, 0.25) is 0 Å². The second kappa shape index (κ2) is 6.42. The average Bonchev–Trinajstić information content (AvgIpc) is 2.75. The highest BCUT2D eigenvalue weighted by atomic mass is 32.1. The van der Waals surface area contributed by atoms with Crippen LogP contribution in [0.15, 0.2) is 0 Å². The van der Waals surface area contributed by atoms with E-state index in [0.29, 0.717) is 12.1 Å². The van der Waals surface area contributed by atoms with Crippen LogP contribution in [-0.2, 0) is 17.7 Å². The van der Waals surface area contributed by atoms with Crippen molar-refractivity contribution in [2.24, 2.45) is 0 Å². The van der Waals surface area contributed by atoms with Crippen molar-refractivity contribution in [3.63, 3.8) is 0 Å². The van der Waals surface area contributed by atoms with Gasteiger partial charge in [0.05, 0.1) is 6.10 Å². The molecule has 1 aliphatic heterocycles. The van der Waals surface area contributed by atoms with Gasteiger partial charge in [0.15, 0.2) is 0 Å². The third kappa shape index (κ3) is 4.33. The van der Waals surface area contributed by atoms with Crippen LogP contribution >= 0.6 is 11.3 Å². The van der Waals surface area contributed by atoms with Crippen molar-refractivity contribution >= 4 is 11.3 Å². The molecule has 96 valence electrons. The van der Waals surface area contributed by atoms with Crippen LogP contribution in [0.1, 0.15) is 43.1 Å². The zero-order chi connectivity index (χ0) is 12.1. The Kier molecular flexibility index (Phi) is 4.88. The van der Waals surface area contributed by atoms with E-state index in [1.165, 1.54) is 19.3 Å². The van der Waals surface area contributed by atoms with Crippen molar-refractivity contribution in [1.82, 2.24) is 15.5 Å². The number of ether oxygens (including phenoxy) is 1. The summed E-state index contributed by atoms with van der Waals surface area (Å²) in [6.45, 7) is 6.00. The van der Waals surface area contributed by atoms with Crippen molar-refractivity contribution in [3.05, 3.63) is 10.0 Å². The van der Waals surface area contributed by atoms with Crippen LogP contribution in [0.4, 0.5) is 0 Å². The molecule has 1 fully saturated rings. The normalized spacial score (nSPS) is 21.0. The second-order valence-corrected chi connectivity index (χ2v) is 5.96. The molecule has 1 aromatic heterocycles. The van der Waals surface area contributed by atoms with Gasteiger partial charge in [-0.3, -0.25) is 0 Å². The molecule has 0 bridgehead atoms. The second-order valence-electron chi connectivity index (χ2n) is 4.82. The Balaban J connectivity index is 1.80. The molecule has 0 aromatic carbocycles. The summed E-state index contributed by atoms with van der Waals surface area (Å²) in [6.07, 6.45) is 4.95. The van der Waals surface area contributed by atoms with Crippen LogP contribution < -0.4 is 5.32 Å². The smallest absolute Gasteiger partial charge is 0.131 e. The fourth-order valence-electron chi connectivity index (χ4n) is 1.90. The van der Waals surface area contributed by atoms with E-state index in [4.69, 9.17) is 4.74 Å². The van der Waals surface area contributed by atoms with Gasteiger partial charge in [0, 0.05) is 25.6 Å². The number of hydrogen-bond donors (Lipinski definition) is 1. The van der Waals surface area contributed by atoms with Crippen LogP contribution in [0.2, 0.25) is 0 Å². The summed E-state index contributed by atoms with van der Waals surface area (Å²) >= 11 is 1.70. The predicted octanol–water partition coefficient (Wildman–Crippen LogP) is 2.15. The third-order valence-electron chi connectivity index (χ3n) is 2.85. The number of rotatable bonds is 5. The van der Waals surface area contributed by atoms with Crippen molar-refractivity contribution in [1.29, 1.82) is 0 Å².